The number of benzene rings is 1. The summed E-state index contributed by atoms with van der Waals surface area (Å²) in [4.78, 5) is 17.8. The van der Waals surface area contributed by atoms with Crippen LogP contribution in [0.15, 0.2) is 23.0 Å². The van der Waals surface area contributed by atoms with E-state index in [-0.39, 0.29) is 24.6 Å². The molecule has 2 fully saturated rings. The van der Waals surface area contributed by atoms with Crippen molar-refractivity contribution in [3.05, 3.63) is 34.1 Å². The fourth-order valence-electron chi connectivity index (χ4n) is 4.34. The Hall–Kier alpha value is -2.36. The Morgan fingerprint density at radius 2 is 1.84 bits per heavy atom. The van der Waals surface area contributed by atoms with Crippen molar-refractivity contribution in [1.29, 1.82) is 0 Å². The lowest BCUT2D eigenvalue weighted by atomic mass is 10.1. The highest BCUT2D eigenvalue weighted by Crippen LogP contribution is 2.35. The minimum atomic E-state index is -0.134. The van der Waals surface area contributed by atoms with Crippen molar-refractivity contribution in [2.24, 2.45) is 0 Å². The Kier molecular flexibility index (Phi) is 5.97. The zero-order chi connectivity index (χ0) is 21.2. The van der Waals surface area contributed by atoms with Gasteiger partial charge in [0, 0.05) is 43.3 Å². The number of hydrogen-bond donors (Lipinski definition) is 2. The molecule has 5 rings (SSSR count). The van der Waals surface area contributed by atoms with E-state index >= 15 is 0 Å². The van der Waals surface area contributed by atoms with Crippen LogP contribution < -0.4 is 20.3 Å². The van der Waals surface area contributed by atoms with Crippen LogP contribution in [0.3, 0.4) is 0 Å². The minimum Gasteiger partial charge on any atom is -0.454 e. The summed E-state index contributed by atoms with van der Waals surface area (Å²) in [5.41, 5.74) is 1.24. The van der Waals surface area contributed by atoms with Crippen molar-refractivity contribution in [3.63, 3.8) is 0 Å². The van der Waals surface area contributed by atoms with E-state index in [9.17, 15) is 4.79 Å². The smallest absolute Gasteiger partial charge is 0.253 e. The van der Waals surface area contributed by atoms with Crippen LogP contribution in [0.25, 0.3) is 10.9 Å². The zero-order valence-corrected chi connectivity index (χ0v) is 18.2. The molecule has 2 N–H and O–H groups in total. The largest absolute Gasteiger partial charge is 0.454 e. The molecule has 2 saturated heterocycles. The zero-order valence-electron chi connectivity index (χ0n) is 17.4. The minimum absolute atomic E-state index is 0.121. The van der Waals surface area contributed by atoms with Crippen molar-refractivity contribution < 1.29 is 18.9 Å². The second-order valence-corrected chi connectivity index (χ2v) is 8.64. The van der Waals surface area contributed by atoms with E-state index in [4.69, 9.17) is 31.2 Å². The monoisotopic (exact) mass is 445 g/mol. The average molecular weight is 446 g/mol. The summed E-state index contributed by atoms with van der Waals surface area (Å²) in [6.07, 6.45) is 4.50. The first-order chi connectivity index (χ1) is 15.2. The molecular formula is C22H27N3O5S. The fourth-order valence-corrected chi connectivity index (χ4v) is 4.56. The molecule has 0 radical (unpaired) electrons. The maximum Gasteiger partial charge on any atom is 0.253 e. The molecule has 9 heteroatoms. The Morgan fingerprint density at radius 1 is 1.10 bits per heavy atom. The molecule has 2 atom stereocenters. The van der Waals surface area contributed by atoms with Crippen LogP contribution in [-0.2, 0) is 16.0 Å². The first-order valence-corrected chi connectivity index (χ1v) is 11.3. The van der Waals surface area contributed by atoms with Gasteiger partial charge in [-0.05, 0) is 50.0 Å². The van der Waals surface area contributed by atoms with E-state index < -0.39 is 0 Å². The molecule has 166 valence electrons. The Labute approximate surface area is 185 Å². The average Bonchev–Trinajstić information content (AvgIpc) is 3.53. The summed E-state index contributed by atoms with van der Waals surface area (Å²) >= 11 is 5.70. The SMILES string of the molecule is O=c1[nH]c2cc3c(cc2cc1CN(CC1CCCO1)C(=S)NCC1CCCO1)OCO3. The summed E-state index contributed by atoms with van der Waals surface area (Å²) in [6.45, 7) is 3.51. The molecule has 2 aromatic rings. The number of pyridine rings is 1. The molecule has 2 unspecified atom stereocenters. The molecular weight excluding hydrogens is 418 g/mol. The summed E-state index contributed by atoms with van der Waals surface area (Å²) < 4.78 is 22.4. The summed E-state index contributed by atoms with van der Waals surface area (Å²) in [7, 11) is 0. The first kappa shape index (κ1) is 20.5. The lowest BCUT2D eigenvalue weighted by Crippen LogP contribution is -2.45. The molecule has 3 aliphatic heterocycles. The second kappa shape index (κ2) is 9.02. The predicted molar refractivity (Wildman–Crippen MR) is 120 cm³/mol. The standard InChI is InChI=1S/C22H27N3O5S/c26-21-15(7-14-8-19-20(30-13-29-19)9-18(14)24-21)11-25(12-17-4-2-6-28-17)22(31)23-10-16-3-1-5-27-16/h7-9,16-17H,1-6,10-13H2,(H,23,31)(H,24,26). The van der Waals surface area contributed by atoms with Crippen LogP contribution in [0.4, 0.5) is 0 Å². The molecule has 3 aliphatic rings. The van der Waals surface area contributed by atoms with Gasteiger partial charge in [0.1, 0.15) is 0 Å². The highest BCUT2D eigenvalue weighted by atomic mass is 32.1. The van der Waals surface area contributed by atoms with Crippen molar-refractivity contribution in [2.45, 2.75) is 44.4 Å². The third kappa shape index (κ3) is 4.63. The molecule has 0 amide bonds. The van der Waals surface area contributed by atoms with E-state index in [1.165, 1.54) is 0 Å². The third-order valence-corrected chi connectivity index (χ3v) is 6.42. The molecule has 8 nitrogen and oxygen atoms in total. The second-order valence-electron chi connectivity index (χ2n) is 8.25. The molecule has 0 spiro atoms. The topological polar surface area (TPSA) is 85.1 Å². The predicted octanol–water partition coefficient (Wildman–Crippen LogP) is 2.29. The Bertz CT molecular complexity index is 1010. The number of fused-ring (bicyclic) bond motifs is 2. The quantitative estimate of drug-likeness (QED) is 0.656. The molecule has 0 bridgehead atoms. The van der Waals surface area contributed by atoms with Gasteiger partial charge in [-0.2, -0.15) is 0 Å². The number of H-pyrrole nitrogens is 1. The van der Waals surface area contributed by atoms with Crippen molar-refractivity contribution >= 4 is 28.2 Å². The molecule has 1 aromatic carbocycles. The lowest BCUT2D eigenvalue weighted by Gasteiger charge is -2.28. The molecule has 0 aliphatic carbocycles. The van der Waals surface area contributed by atoms with E-state index in [1.54, 1.807) is 6.07 Å². The van der Waals surface area contributed by atoms with Gasteiger partial charge in [0.2, 0.25) is 6.79 Å². The highest BCUT2D eigenvalue weighted by molar-refractivity contribution is 7.80. The van der Waals surface area contributed by atoms with Gasteiger partial charge in [0.05, 0.1) is 24.3 Å². The van der Waals surface area contributed by atoms with Gasteiger partial charge in [0.15, 0.2) is 16.6 Å². The number of ether oxygens (including phenoxy) is 4. The van der Waals surface area contributed by atoms with Gasteiger partial charge in [-0.15, -0.1) is 0 Å². The van der Waals surface area contributed by atoms with Gasteiger partial charge < -0.3 is 34.1 Å². The molecule has 4 heterocycles. The third-order valence-electron chi connectivity index (χ3n) is 6.02. The van der Waals surface area contributed by atoms with E-state index in [1.807, 2.05) is 17.0 Å². The van der Waals surface area contributed by atoms with Crippen molar-refractivity contribution in [2.75, 3.05) is 33.1 Å². The van der Waals surface area contributed by atoms with Crippen LogP contribution in [-0.4, -0.2) is 60.3 Å². The van der Waals surface area contributed by atoms with Crippen LogP contribution in [0, 0.1) is 0 Å². The van der Waals surface area contributed by atoms with Gasteiger partial charge >= 0.3 is 0 Å². The number of nitrogens with one attached hydrogen (secondary N) is 2. The van der Waals surface area contributed by atoms with Crippen LogP contribution in [0.5, 0.6) is 11.5 Å². The van der Waals surface area contributed by atoms with Crippen molar-refractivity contribution in [1.82, 2.24) is 15.2 Å². The van der Waals surface area contributed by atoms with Crippen molar-refractivity contribution in [3.8, 4) is 11.5 Å². The number of rotatable bonds is 6. The van der Waals surface area contributed by atoms with Gasteiger partial charge in [-0.3, -0.25) is 4.79 Å². The number of aromatic amines is 1. The Morgan fingerprint density at radius 3 is 2.58 bits per heavy atom. The lowest BCUT2D eigenvalue weighted by molar-refractivity contribution is 0.0885. The summed E-state index contributed by atoms with van der Waals surface area (Å²) in [6, 6.07) is 5.61. The molecule has 31 heavy (non-hydrogen) atoms. The number of nitrogens with zero attached hydrogens (tertiary/aromatic N) is 1. The van der Waals surface area contributed by atoms with E-state index in [0.717, 1.165) is 49.8 Å². The maximum atomic E-state index is 12.8. The fraction of sp³-hybridized carbons (Fsp3) is 0.545. The normalized spacial score (nSPS) is 22.2. The Balaban J connectivity index is 1.36. The number of aromatic nitrogens is 1. The van der Waals surface area contributed by atoms with Crippen LogP contribution >= 0.6 is 12.2 Å². The summed E-state index contributed by atoms with van der Waals surface area (Å²) in [5, 5.41) is 4.86. The molecule has 0 saturated carbocycles. The number of thiocarbonyl (C=S) groups is 1. The van der Waals surface area contributed by atoms with E-state index in [0.29, 0.717) is 41.8 Å². The number of hydrogen-bond acceptors (Lipinski definition) is 6. The highest BCUT2D eigenvalue weighted by Gasteiger charge is 2.24. The maximum absolute atomic E-state index is 12.8. The van der Waals surface area contributed by atoms with Crippen LogP contribution in [0.1, 0.15) is 31.2 Å². The summed E-state index contributed by atoms with van der Waals surface area (Å²) in [5.74, 6) is 1.34. The van der Waals surface area contributed by atoms with E-state index in [2.05, 4.69) is 10.3 Å². The van der Waals surface area contributed by atoms with Gasteiger partial charge in [-0.1, -0.05) is 0 Å². The van der Waals surface area contributed by atoms with Gasteiger partial charge in [0.25, 0.3) is 5.56 Å². The van der Waals surface area contributed by atoms with Crippen LogP contribution in [0.2, 0.25) is 0 Å². The first-order valence-electron chi connectivity index (χ1n) is 10.9. The molecule has 1 aromatic heterocycles. The van der Waals surface area contributed by atoms with Gasteiger partial charge in [-0.25, -0.2) is 0 Å².